The number of carbonyl (C=O) groups is 3. The van der Waals surface area contributed by atoms with Gasteiger partial charge in [0.25, 0.3) is 0 Å². The van der Waals surface area contributed by atoms with Crippen molar-refractivity contribution in [2.24, 2.45) is 0 Å². The molecule has 0 N–H and O–H groups in total. The molecule has 0 saturated heterocycles. The number of hydrogen-bond donors (Lipinski definition) is 0. The van der Waals surface area contributed by atoms with E-state index < -0.39 is 12.1 Å². The number of ether oxygens (including phenoxy) is 2. The highest BCUT2D eigenvalue weighted by Gasteiger charge is 2.23. The molecule has 0 aliphatic carbocycles. The molecule has 0 saturated carbocycles. The Bertz CT molecular complexity index is 553. The van der Waals surface area contributed by atoms with Crippen LogP contribution in [0.15, 0.2) is 30.3 Å². The number of hydrogen-bond acceptors (Lipinski definition) is 5. The summed E-state index contributed by atoms with van der Waals surface area (Å²) in [6, 6.07) is 8.67. The number of ketones is 1. The summed E-state index contributed by atoms with van der Waals surface area (Å²) in [6.45, 7) is 2.15. The number of Topliss-reactive ketones (excluding diaryl/α,β-unsaturated/α-hetero) is 1. The van der Waals surface area contributed by atoms with Gasteiger partial charge in [0.15, 0.2) is 11.9 Å². The van der Waals surface area contributed by atoms with Crippen molar-refractivity contribution in [3.8, 4) is 0 Å². The van der Waals surface area contributed by atoms with E-state index in [1.165, 1.54) is 13.5 Å². The predicted molar refractivity (Wildman–Crippen MR) is 99.9 cm³/mol. The maximum atomic E-state index is 12.5. The Morgan fingerprint density at radius 1 is 0.923 bits per heavy atom. The number of benzene rings is 1. The monoisotopic (exact) mass is 362 g/mol. The molecule has 0 amide bonds. The fourth-order valence-electron chi connectivity index (χ4n) is 2.66. The molecule has 1 atom stereocenters. The third-order valence-corrected chi connectivity index (χ3v) is 4.22. The first-order valence-electron chi connectivity index (χ1n) is 9.44. The van der Waals surface area contributed by atoms with Gasteiger partial charge in [0.1, 0.15) is 0 Å². The molecule has 0 aromatic heterocycles. The molecule has 5 heteroatoms. The van der Waals surface area contributed by atoms with Crippen LogP contribution in [-0.4, -0.2) is 30.9 Å². The van der Waals surface area contributed by atoms with Crippen LogP contribution in [-0.2, 0) is 19.1 Å². The van der Waals surface area contributed by atoms with Crippen LogP contribution in [0.3, 0.4) is 0 Å². The summed E-state index contributed by atoms with van der Waals surface area (Å²) in [5.41, 5.74) is 0.436. The van der Waals surface area contributed by atoms with Gasteiger partial charge in [-0.3, -0.25) is 9.59 Å². The topological polar surface area (TPSA) is 69.7 Å². The molecule has 144 valence electrons. The summed E-state index contributed by atoms with van der Waals surface area (Å²) < 4.78 is 10.1. The number of carbonyl (C=O) groups excluding carboxylic acids is 3. The molecular formula is C21H30O5. The van der Waals surface area contributed by atoms with Gasteiger partial charge in [0.05, 0.1) is 12.7 Å². The maximum Gasteiger partial charge on any atom is 0.338 e. The van der Waals surface area contributed by atoms with Crippen LogP contribution in [0.1, 0.15) is 75.1 Å². The standard InChI is InChI=1S/C21H30O5/c1-3-4-5-6-10-15-19(18(22)14-11-16-20(23)25-2)26-21(24)17-12-8-7-9-13-17/h7-9,12-13,19H,3-6,10-11,14-16H2,1-2H3. The molecule has 5 nitrogen and oxygen atoms in total. The summed E-state index contributed by atoms with van der Waals surface area (Å²) in [5, 5.41) is 0. The second kappa shape index (κ2) is 13.1. The van der Waals surface area contributed by atoms with Crippen LogP contribution in [0.5, 0.6) is 0 Å². The highest BCUT2D eigenvalue weighted by atomic mass is 16.5. The van der Waals surface area contributed by atoms with E-state index in [4.69, 9.17) is 4.74 Å². The molecule has 0 spiro atoms. The van der Waals surface area contributed by atoms with Gasteiger partial charge in [-0.25, -0.2) is 4.79 Å². The first-order chi connectivity index (χ1) is 12.6. The van der Waals surface area contributed by atoms with Crippen LogP contribution in [0.25, 0.3) is 0 Å². The molecule has 0 fully saturated rings. The van der Waals surface area contributed by atoms with Crippen LogP contribution in [0, 0.1) is 0 Å². The Labute approximate surface area is 156 Å². The highest BCUT2D eigenvalue weighted by Crippen LogP contribution is 2.15. The van der Waals surface area contributed by atoms with Crippen LogP contribution in [0.2, 0.25) is 0 Å². The van der Waals surface area contributed by atoms with Crippen molar-refractivity contribution >= 4 is 17.7 Å². The lowest BCUT2D eigenvalue weighted by atomic mass is 10.0. The second-order valence-corrected chi connectivity index (χ2v) is 6.36. The van der Waals surface area contributed by atoms with Crippen LogP contribution < -0.4 is 0 Å². The average molecular weight is 362 g/mol. The lowest BCUT2D eigenvalue weighted by Crippen LogP contribution is -2.27. The molecule has 1 unspecified atom stereocenters. The van der Waals surface area contributed by atoms with Gasteiger partial charge in [-0.2, -0.15) is 0 Å². The summed E-state index contributed by atoms with van der Waals surface area (Å²) >= 11 is 0. The molecule has 1 aromatic carbocycles. The molecule has 26 heavy (non-hydrogen) atoms. The maximum absolute atomic E-state index is 12.5. The SMILES string of the molecule is CCCCCCCC(OC(=O)c1ccccc1)C(=O)CCCC(=O)OC. The number of esters is 2. The normalized spacial score (nSPS) is 11.6. The first-order valence-corrected chi connectivity index (χ1v) is 9.44. The lowest BCUT2D eigenvalue weighted by Gasteiger charge is -2.17. The van der Waals surface area contributed by atoms with E-state index in [1.807, 2.05) is 6.07 Å². The molecule has 0 heterocycles. The summed E-state index contributed by atoms with van der Waals surface area (Å²) in [5.74, 6) is -0.950. The quantitative estimate of drug-likeness (QED) is 0.382. The fourth-order valence-corrected chi connectivity index (χ4v) is 2.66. The highest BCUT2D eigenvalue weighted by molar-refractivity contribution is 5.92. The number of rotatable bonds is 13. The third kappa shape index (κ3) is 8.79. The predicted octanol–water partition coefficient (Wildman–Crippen LogP) is 4.48. The lowest BCUT2D eigenvalue weighted by molar-refractivity contribution is -0.140. The van der Waals surface area contributed by atoms with Crippen molar-refractivity contribution in [1.29, 1.82) is 0 Å². The van der Waals surface area contributed by atoms with Gasteiger partial charge in [-0.1, -0.05) is 50.8 Å². The summed E-state index contributed by atoms with van der Waals surface area (Å²) in [7, 11) is 1.32. The largest absolute Gasteiger partial charge is 0.469 e. The molecular weight excluding hydrogens is 332 g/mol. The minimum absolute atomic E-state index is 0.131. The van der Waals surface area contributed by atoms with Crippen molar-refractivity contribution in [2.75, 3.05) is 7.11 Å². The third-order valence-electron chi connectivity index (χ3n) is 4.22. The van der Waals surface area contributed by atoms with E-state index in [1.54, 1.807) is 24.3 Å². The van der Waals surface area contributed by atoms with Gasteiger partial charge in [0.2, 0.25) is 0 Å². The Kier molecular flexibility index (Phi) is 11.0. The van der Waals surface area contributed by atoms with Gasteiger partial charge >= 0.3 is 11.9 Å². The van der Waals surface area contributed by atoms with E-state index in [-0.39, 0.29) is 24.6 Å². The molecule has 0 aliphatic heterocycles. The van der Waals surface area contributed by atoms with Crippen molar-refractivity contribution in [3.63, 3.8) is 0 Å². The van der Waals surface area contributed by atoms with Crippen LogP contribution in [0.4, 0.5) is 0 Å². The second-order valence-electron chi connectivity index (χ2n) is 6.36. The van der Waals surface area contributed by atoms with Crippen molar-refractivity contribution in [2.45, 2.75) is 70.8 Å². The van der Waals surface area contributed by atoms with E-state index in [0.717, 1.165) is 25.7 Å². The Hall–Kier alpha value is -2.17. The van der Waals surface area contributed by atoms with Gasteiger partial charge in [0, 0.05) is 12.8 Å². The summed E-state index contributed by atoms with van der Waals surface area (Å²) in [6.07, 6.45) is 5.88. The zero-order valence-electron chi connectivity index (χ0n) is 15.9. The van der Waals surface area contributed by atoms with Crippen molar-refractivity contribution in [3.05, 3.63) is 35.9 Å². The van der Waals surface area contributed by atoms with Gasteiger partial charge in [-0.15, -0.1) is 0 Å². The Morgan fingerprint density at radius 3 is 2.27 bits per heavy atom. The van der Waals surface area contributed by atoms with E-state index in [2.05, 4.69) is 11.7 Å². The fraction of sp³-hybridized carbons (Fsp3) is 0.571. The Morgan fingerprint density at radius 2 is 1.62 bits per heavy atom. The molecule has 1 aromatic rings. The minimum atomic E-state index is -0.748. The smallest absolute Gasteiger partial charge is 0.338 e. The first kappa shape index (κ1) is 21.9. The number of methoxy groups -OCH3 is 1. The zero-order valence-corrected chi connectivity index (χ0v) is 15.9. The van der Waals surface area contributed by atoms with E-state index in [9.17, 15) is 14.4 Å². The van der Waals surface area contributed by atoms with Crippen LogP contribution >= 0.6 is 0 Å². The van der Waals surface area contributed by atoms with Crippen molar-refractivity contribution in [1.82, 2.24) is 0 Å². The molecule has 0 aliphatic rings. The average Bonchev–Trinajstić information content (AvgIpc) is 2.67. The van der Waals surface area contributed by atoms with E-state index >= 15 is 0 Å². The van der Waals surface area contributed by atoms with E-state index in [0.29, 0.717) is 18.4 Å². The van der Waals surface area contributed by atoms with Crippen molar-refractivity contribution < 1.29 is 23.9 Å². The molecule has 0 bridgehead atoms. The molecule has 1 rings (SSSR count). The molecule has 0 radical (unpaired) electrons. The Balaban J connectivity index is 2.57. The van der Waals surface area contributed by atoms with Gasteiger partial charge < -0.3 is 9.47 Å². The number of unbranched alkanes of at least 4 members (excludes halogenated alkanes) is 4. The zero-order chi connectivity index (χ0) is 19.2. The minimum Gasteiger partial charge on any atom is -0.469 e. The van der Waals surface area contributed by atoms with Gasteiger partial charge in [-0.05, 0) is 31.4 Å². The summed E-state index contributed by atoms with van der Waals surface area (Å²) in [4.78, 5) is 35.9.